The van der Waals surface area contributed by atoms with Gasteiger partial charge in [-0.3, -0.25) is 4.98 Å². The summed E-state index contributed by atoms with van der Waals surface area (Å²) in [6, 6.07) is 2.23. The molecule has 0 aromatic carbocycles. The number of nitrogens with zero attached hydrogens (tertiary/aromatic N) is 3. The molecule has 3 atom stereocenters. The highest BCUT2D eigenvalue weighted by atomic mass is 15.2. The average Bonchev–Trinajstić information content (AvgIpc) is 2.85. The third kappa shape index (κ3) is 5.91. The Bertz CT molecular complexity index is 987. The van der Waals surface area contributed by atoms with Gasteiger partial charge in [-0.1, -0.05) is 52.5 Å². The zero-order valence-electron chi connectivity index (χ0n) is 23.4. The Morgan fingerprint density at radius 3 is 2.40 bits per heavy atom. The second-order valence-corrected chi connectivity index (χ2v) is 10.5. The summed E-state index contributed by atoms with van der Waals surface area (Å²) in [7, 11) is 0. The number of piperazine rings is 1. The Balaban J connectivity index is 0.00000148. The van der Waals surface area contributed by atoms with Gasteiger partial charge in [0.1, 0.15) is 0 Å². The molecule has 0 amide bonds. The van der Waals surface area contributed by atoms with Gasteiger partial charge >= 0.3 is 0 Å². The number of rotatable bonds is 5. The van der Waals surface area contributed by atoms with E-state index >= 15 is 0 Å². The summed E-state index contributed by atoms with van der Waals surface area (Å²) in [4.78, 5) is 9.91. The van der Waals surface area contributed by atoms with Crippen LogP contribution in [0.25, 0.3) is 11.6 Å². The fraction of sp³-hybridized carbons (Fsp3) is 0.581. The molecule has 4 nitrogen and oxygen atoms in total. The van der Waals surface area contributed by atoms with Crippen LogP contribution in [-0.4, -0.2) is 49.2 Å². The van der Waals surface area contributed by atoms with Crippen molar-refractivity contribution in [1.29, 1.82) is 0 Å². The fourth-order valence-corrected chi connectivity index (χ4v) is 6.32. The molecule has 2 saturated heterocycles. The van der Waals surface area contributed by atoms with Crippen LogP contribution in [0.3, 0.4) is 0 Å². The number of hydrogen-bond donors (Lipinski definition) is 1. The number of aryl methyl sites for hydroxylation is 1. The van der Waals surface area contributed by atoms with E-state index in [1.165, 1.54) is 24.1 Å². The van der Waals surface area contributed by atoms with Gasteiger partial charge in [0.05, 0.1) is 5.69 Å². The fourth-order valence-electron chi connectivity index (χ4n) is 6.32. The molecule has 0 bridgehead atoms. The number of nitrogens with one attached hydrogen (secondary N) is 1. The first kappa shape index (κ1) is 27.3. The molecule has 0 spiro atoms. The van der Waals surface area contributed by atoms with E-state index in [1.807, 2.05) is 26.8 Å². The molecule has 1 N–H and O–H groups in total. The van der Waals surface area contributed by atoms with E-state index < -0.39 is 0 Å². The first-order valence-corrected chi connectivity index (χ1v) is 13.7. The summed E-state index contributed by atoms with van der Waals surface area (Å²) in [5.41, 5.74) is 10.2. The first-order valence-electron chi connectivity index (χ1n) is 13.7. The van der Waals surface area contributed by atoms with E-state index in [0.29, 0.717) is 17.8 Å². The van der Waals surface area contributed by atoms with Crippen molar-refractivity contribution in [2.24, 2.45) is 17.8 Å². The number of hydrogen-bond acceptors (Lipinski definition) is 4. The molecular formula is C31H50N4. The Morgan fingerprint density at radius 2 is 1.83 bits per heavy atom. The van der Waals surface area contributed by atoms with Gasteiger partial charge in [0.2, 0.25) is 0 Å². The number of pyridine rings is 1. The van der Waals surface area contributed by atoms with Crippen LogP contribution in [0.2, 0.25) is 0 Å². The van der Waals surface area contributed by atoms with Gasteiger partial charge in [-0.15, -0.1) is 0 Å². The molecule has 1 aromatic heterocycles. The molecule has 1 aliphatic carbocycles. The van der Waals surface area contributed by atoms with Gasteiger partial charge in [0, 0.05) is 63.3 Å². The summed E-state index contributed by atoms with van der Waals surface area (Å²) < 4.78 is 0. The molecule has 3 aliphatic rings. The second kappa shape index (κ2) is 12.1. The van der Waals surface area contributed by atoms with Crippen LogP contribution < -0.4 is 10.2 Å². The van der Waals surface area contributed by atoms with E-state index in [9.17, 15) is 0 Å². The number of anilines is 1. The highest BCUT2D eigenvalue weighted by molar-refractivity contribution is 5.78. The van der Waals surface area contributed by atoms with E-state index in [0.717, 1.165) is 61.8 Å². The van der Waals surface area contributed by atoms with Gasteiger partial charge in [-0.25, -0.2) is 0 Å². The molecule has 194 valence electrons. The van der Waals surface area contributed by atoms with E-state index in [1.54, 1.807) is 11.3 Å². The van der Waals surface area contributed by atoms with E-state index in [2.05, 4.69) is 68.1 Å². The number of piperidine rings is 1. The molecular weight excluding hydrogens is 428 g/mol. The smallest absolute Gasteiger partial charge is 0.0749 e. The van der Waals surface area contributed by atoms with Crippen LogP contribution in [0.4, 0.5) is 5.69 Å². The van der Waals surface area contributed by atoms with Gasteiger partial charge in [-0.2, -0.15) is 0 Å². The van der Waals surface area contributed by atoms with Crippen molar-refractivity contribution in [3.8, 4) is 0 Å². The zero-order valence-corrected chi connectivity index (χ0v) is 23.4. The maximum Gasteiger partial charge on any atom is 0.0749 e. The highest BCUT2D eigenvalue weighted by Crippen LogP contribution is 2.42. The number of aromatic nitrogens is 1. The predicted octanol–water partition coefficient (Wildman–Crippen LogP) is 6.95. The Kier molecular flexibility index (Phi) is 9.40. The summed E-state index contributed by atoms with van der Waals surface area (Å²) in [6.45, 7) is 30.3. The van der Waals surface area contributed by atoms with Gasteiger partial charge < -0.3 is 15.1 Å². The lowest BCUT2D eigenvalue weighted by atomic mass is 9.72. The van der Waals surface area contributed by atoms with E-state index in [4.69, 9.17) is 4.98 Å². The van der Waals surface area contributed by atoms with Crippen LogP contribution in [0.1, 0.15) is 72.8 Å². The number of allylic oxidation sites excluding steroid dienone is 5. The molecule has 35 heavy (non-hydrogen) atoms. The minimum atomic E-state index is 0. The highest BCUT2D eigenvalue weighted by Gasteiger charge is 2.34. The van der Waals surface area contributed by atoms with Crippen molar-refractivity contribution in [3.63, 3.8) is 0 Å². The monoisotopic (exact) mass is 478 g/mol. The third-order valence-corrected chi connectivity index (χ3v) is 7.83. The van der Waals surface area contributed by atoms with Crippen LogP contribution in [0, 0.1) is 24.7 Å². The largest absolute Gasteiger partial charge is 0.372 e. The molecule has 0 radical (unpaired) electrons. The summed E-state index contributed by atoms with van der Waals surface area (Å²) >= 11 is 0. The molecule has 3 heterocycles. The minimum absolute atomic E-state index is 0. The average molecular weight is 479 g/mol. The van der Waals surface area contributed by atoms with Crippen molar-refractivity contribution >= 4 is 17.3 Å². The second-order valence-electron chi connectivity index (χ2n) is 10.5. The molecule has 1 aromatic rings. The van der Waals surface area contributed by atoms with Gasteiger partial charge in [0.15, 0.2) is 0 Å². The maximum absolute atomic E-state index is 4.75. The molecule has 4 heteroatoms. The van der Waals surface area contributed by atoms with Crippen LogP contribution in [0.15, 0.2) is 42.1 Å². The summed E-state index contributed by atoms with van der Waals surface area (Å²) in [5, 5.41) is 3.48. The van der Waals surface area contributed by atoms with Crippen molar-refractivity contribution in [2.45, 2.75) is 61.3 Å². The quantitative estimate of drug-likeness (QED) is 0.496. The summed E-state index contributed by atoms with van der Waals surface area (Å²) in [5.74, 6) is 1.90. The molecule has 2 aliphatic heterocycles. The predicted molar refractivity (Wildman–Crippen MR) is 156 cm³/mol. The van der Waals surface area contributed by atoms with Gasteiger partial charge in [-0.05, 0) is 74.7 Å². The summed E-state index contributed by atoms with van der Waals surface area (Å²) in [6.07, 6.45) is 6.85. The molecule has 4 rings (SSSR count). The van der Waals surface area contributed by atoms with Crippen LogP contribution in [-0.2, 0) is 0 Å². The Hall–Kier alpha value is -2.33. The lowest BCUT2D eigenvalue weighted by Crippen LogP contribution is -2.44. The topological polar surface area (TPSA) is 31.4 Å². The van der Waals surface area contributed by atoms with Crippen LogP contribution in [0.5, 0.6) is 0 Å². The van der Waals surface area contributed by atoms with E-state index in [-0.39, 0.29) is 1.43 Å². The van der Waals surface area contributed by atoms with Gasteiger partial charge in [0.25, 0.3) is 0 Å². The third-order valence-electron chi connectivity index (χ3n) is 7.83. The molecule has 0 saturated carbocycles. The molecule has 2 fully saturated rings. The molecule has 3 unspecified atom stereocenters. The Labute approximate surface area is 216 Å². The van der Waals surface area contributed by atoms with Crippen molar-refractivity contribution in [1.82, 2.24) is 15.2 Å². The lowest BCUT2D eigenvalue weighted by Gasteiger charge is -2.44. The maximum atomic E-state index is 4.75. The zero-order chi connectivity index (χ0) is 25.7. The van der Waals surface area contributed by atoms with Crippen LogP contribution >= 0.6 is 0 Å². The van der Waals surface area contributed by atoms with Crippen molar-refractivity contribution in [3.05, 3.63) is 59.1 Å². The lowest BCUT2D eigenvalue weighted by molar-refractivity contribution is 0.270. The normalized spacial score (nSPS) is 25.0. The van der Waals surface area contributed by atoms with Crippen molar-refractivity contribution in [2.75, 3.05) is 44.2 Å². The Morgan fingerprint density at radius 1 is 1.14 bits per heavy atom. The first-order chi connectivity index (χ1) is 16.8. The standard InChI is InChI=1S/C29H42N4.C2H6.H2/c1-8-25-27(17-23(7)31-29(25)19(2)3)33-12-9-26(22(6)18-33)28-20(4)15-24(16-21(28)5)32-13-10-30-11-14-32;1-2;/h8,15,17,21-22,26,30H,1-2,9-14,16,18H2,3-7H3;1-2H3;1H. The SMILES string of the molecule is C=Cc1c(N2CCC(C3=C(C)C=C(N4CCNCC4)CC3C)C(C)C2)cc(C)nc1C(=C)C.CC.[HH]. The van der Waals surface area contributed by atoms with Crippen molar-refractivity contribution < 1.29 is 1.43 Å². The minimum Gasteiger partial charge on any atom is -0.372 e.